The van der Waals surface area contributed by atoms with E-state index in [1.165, 1.54) is 82.8 Å². The highest BCUT2D eigenvalue weighted by Gasteiger charge is 2.29. The fraction of sp³-hybridized carbons (Fsp3) is 0.130. The van der Waals surface area contributed by atoms with Crippen molar-refractivity contribution in [2.24, 2.45) is 4.99 Å². The summed E-state index contributed by atoms with van der Waals surface area (Å²) < 4.78 is 5.01. The molecule has 0 fully saturated rings. The number of amidine groups is 1. The second-order valence-corrected chi connectivity index (χ2v) is 16.2. The van der Waals surface area contributed by atoms with Gasteiger partial charge in [-0.05, 0) is 115 Å². The summed E-state index contributed by atoms with van der Waals surface area (Å²) in [5.41, 5.74) is 15.5. The molecule has 2 atom stereocenters. The number of fused-ring (bicyclic) bond motifs is 8. The molecule has 0 saturated carbocycles. The lowest BCUT2D eigenvalue weighted by molar-refractivity contribution is 0.573. The Morgan fingerprint density at radius 2 is 1.31 bits per heavy atom. The fourth-order valence-corrected chi connectivity index (χ4v) is 10.3. The Morgan fingerprint density at radius 1 is 0.586 bits per heavy atom. The summed E-state index contributed by atoms with van der Waals surface area (Å²) in [6.45, 7) is 0. The topological polar surface area (TPSA) is 34.2 Å². The van der Waals surface area contributed by atoms with Gasteiger partial charge in [-0.2, -0.15) is 0 Å². The highest BCUT2D eigenvalue weighted by molar-refractivity contribution is 6.19. The summed E-state index contributed by atoms with van der Waals surface area (Å²) in [4.78, 5) is 5.46. The van der Waals surface area contributed by atoms with Gasteiger partial charge in [0.2, 0.25) is 0 Å². The summed E-state index contributed by atoms with van der Waals surface area (Å²) >= 11 is 0. The number of allylic oxidation sites excluding steroid dienone is 3. The van der Waals surface area contributed by atoms with Gasteiger partial charge >= 0.3 is 0 Å². The number of rotatable bonds is 5. The second kappa shape index (κ2) is 13.3. The van der Waals surface area contributed by atoms with Gasteiger partial charge in [0.1, 0.15) is 11.9 Å². The van der Waals surface area contributed by atoms with E-state index in [2.05, 4.69) is 190 Å². The van der Waals surface area contributed by atoms with Crippen molar-refractivity contribution in [1.82, 2.24) is 9.13 Å². The van der Waals surface area contributed by atoms with E-state index in [1.54, 1.807) is 0 Å². The molecule has 58 heavy (non-hydrogen) atoms. The molecule has 0 saturated heterocycles. The van der Waals surface area contributed by atoms with Crippen LogP contribution in [-0.4, -0.2) is 15.0 Å². The molecule has 2 unspecified atom stereocenters. The third kappa shape index (κ3) is 5.18. The Balaban J connectivity index is 0.972. The van der Waals surface area contributed by atoms with E-state index >= 15 is 0 Å². The molecular formula is C54H42N4. The van der Waals surface area contributed by atoms with Crippen molar-refractivity contribution in [3.8, 4) is 11.4 Å². The van der Waals surface area contributed by atoms with Gasteiger partial charge in [-0.3, -0.25) is 4.99 Å². The summed E-state index contributed by atoms with van der Waals surface area (Å²) in [6, 6.07) is 58.2. The Kier molecular flexibility index (Phi) is 7.65. The number of nitrogens with zero attached hydrogens (tertiary/aromatic N) is 3. The van der Waals surface area contributed by atoms with Crippen LogP contribution < -0.4 is 5.32 Å². The van der Waals surface area contributed by atoms with Crippen molar-refractivity contribution in [3.63, 3.8) is 0 Å². The summed E-state index contributed by atoms with van der Waals surface area (Å²) in [5.74, 6) is 1.36. The third-order valence-corrected chi connectivity index (χ3v) is 13.0. The molecule has 1 N–H and O–H groups in total. The van der Waals surface area contributed by atoms with E-state index in [4.69, 9.17) is 4.99 Å². The lowest BCUT2D eigenvalue weighted by Crippen LogP contribution is -2.23. The van der Waals surface area contributed by atoms with Crippen molar-refractivity contribution in [1.29, 1.82) is 0 Å². The molecule has 3 aliphatic rings. The minimum Gasteiger partial charge on any atom is -0.340 e. The fourth-order valence-electron chi connectivity index (χ4n) is 10.3. The number of hydrogen-bond donors (Lipinski definition) is 1. The summed E-state index contributed by atoms with van der Waals surface area (Å²) in [7, 11) is 0. The van der Waals surface area contributed by atoms with Crippen LogP contribution in [0.5, 0.6) is 0 Å². The Bertz CT molecular complexity index is 3190. The Hall–Kier alpha value is -6.91. The molecule has 2 aliphatic carbocycles. The molecule has 0 spiro atoms. The van der Waals surface area contributed by atoms with Gasteiger partial charge in [-0.25, -0.2) is 0 Å². The molecule has 9 aromatic rings. The first-order chi connectivity index (χ1) is 28.8. The molecule has 2 aromatic heterocycles. The monoisotopic (exact) mass is 746 g/mol. The highest BCUT2D eigenvalue weighted by Crippen LogP contribution is 2.43. The van der Waals surface area contributed by atoms with E-state index in [1.807, 2.05) is 0 Å². The average Bonchev–Trinajstić information content (AvgIpc) is 3.81. The lowest BCUT2D eigenvalue weighted by atomic mass is 9.82. The largest absolute Gasteiger partial charge is 0.340 e. The third-order valence-electron chi connectivity index (χ3n) is 13.0. The number of benzene rings is 7. The Morgan fingerprint density at radius 3 is 2.16 bits per heavy atom. The zero-order valence-electron chi connectivity index (χ0n) is 32.3. The van der Waals surface area contributed by atoms with Crippen LogP contribution in [0.3, 0.4) is 0 Å². The van der Waals surface area contributed by atoms with Crippen LogP contribution in [0.1, 0.15) is 59.2 Å². The molecule has 3 heterocycles. The van der Waals surface area contributed by atoms with Crippen molar-refractivity contribution in [2.75, 3.05) is 5.32 Å². The standard InChI is InChI=1S/C54H42N4/c1-3-15-35(16-4-1)53-45-23-9-12-24-47(45)55-54(56-53)44-30-32-50(40-20-8-7-19-39(40)44)58-49-26-14-11-22-42(49)46-33-36(28-31-51(46)58)37-27-29-43-41-21-10-13-25-48(41)57(52(43)34-37)38-17-5-2-6-18-38/h1-3,5-15,17-26,28,30-33,37,53H,4,16,27,29,34H2,(H,55,56). The SMILES string of the molecule is C1=CCCC(C2N=C(c3ccc(-n4c5ccccc5c5cc(C6CCc7c(n(-c8ccccc8)c8ccccc78)C6)ccc54)c4ccccc34)Nc3ccccc32)=C1. The van der Waals surface area contributed by atoms with Crippen molar-refractivity contribution in [3.05, 3.63) is 209 Å². The quantitative estimate of drug-likeness (QED) is 0.187. The molecule has 12 rings (SSSR count). The molecule has 4 heteroatoms. The number of hydrogen-bond acceptors (Lipinski definition) is 2. The zero-order chi connectivity index (χ0) is 38.2. The van der Waals surface area contributed by atoms with Gasteiger partial charge < -0.3 is 14.5 Å². The predicted octanol–water partition coefficient (Wildman–Crippen LogP) is 13.3. The van der Waals surface area contributed by atoms with Gasteiger partial charge in [-0.1, -0.05) is 121 Å². The molecule has 4 nitrogen and oxygen atoms in total. The van der Waals surface area contributed by atoms with Gasteiger partial charge in [0.05, 0.1) is 22.2 Å². The van der Waals surface area contributed by atoms with Crippen LogP contribution in [0.4, 0.5) is 5.69 Å². The maximum absolute atomic E-state index is 5.46. The summed E-state index contributed by atoms with van der Waals surface area (Å²) in [6.07, 6.45) is 12.0. The predicted molar refractivity (Wildman–Crippen MR) is 242 cm³/mol. The van der Waals surface area contributed by atoms with E-state index in [0.717, 1.165) is 49.2 Å². The lowest BCUT2D eigenvalue weighted by Gasteiger charge is -2.28. The number of aryl methyl sites for hydroxylation is 1. The van der Waals surface area contributed by atoms with Gasteiger partial charge in [-0.15, -0.1) is 0 Å². The molecule has 0 bridgehead atoms. The van der Waals surface area contributed by atoms with Crippen LogP contribution >= 0.6 is 0 Å². The van der Waals surface area contributed by atoms with Crippen LogP contribution in [0.15, 0.2) is 187 Å². The highest BCUT2D eigenvalue weighted by atomic mass is 15.1. The first-order valence-corrected chi connectivity index (χ1v) is 20.8. The van der Waals surface area contributed by atoms with E-state index in [0.29, 0.717) is 5.92 Å². The van der Waals surface area contributed by atoms with Gasteiger partial charge in [0.15, 0.2) is 0 Å². The van der Waals surface area contributed by atoms with Crippen LogP contribution in [-0.2, 0) is 12.8 Å². The Labute approximate surface area is 338 Å². The second-order valence-electron chi connectivity index (χ2n) is 16.2. The molecule has 0 radical (unpaired) electrons. The first kappa shape index (κ1) is 33.3. The van der Waals surface area contributed by atoms with Crippen LogP contribution in [0, 0.1) is 0 Å². The minimum atomic E-state index is -0.000171. The van der Waals surface area contributed by atoms with E-state index < -0.39 is 0 Å². The first-order valence-electron chi connectivity index (χ1n) is 20.8. The zero-order valence-corrected chi connectivity index (χ0v) is 32.3. The normalized spacial score (nSPS) is 17.6. The van der Waals surface area contributed by atoms with Gasteiger partial charge in [0, 0.05) is 49.7 Å². The van der Waals surface area contributed by atoms with Crippen LogP contribution in [0.2, 0.25) is 0 Å². The molecule has 1 aliphatic heterocycles. The summed E-state index contributed by atoms with van der Waals surface area (Å²) in [5, 5.41) is 10.1. The van der Waals surface area contributed by atoms with Crippen molar-refractivity contribution < 1.29 is 0 Å². The molecule has 7 aromatic carbocycles. The number of anilines is 1. The molecule has 278 valence electrons. The average molecular weight is 747 g/mol. The molecule has 0 amide bonds. The maximum atomic E-state index is 5.46. The van der Waals surface area contributed by atoms with E-state index in [9.17, 15) is 0 Å². The van der Waals surface area contributed by atoms with Crippen molar-refractivity contribution in [2.45, 2.75) is 44.1 Å². The van der Waals surface area contributed by atoms with Crippen molar-refractivity contribution >= 4 is 55.0 Å². The number of nitrogens with one attached hydrogen (secondary N) is 1. The van der Waals surface area contributed by atoms with Gasteiger partial charge in [0.25, 0.3) is 0 Å². The smallest absolute Gasteiger partial charge is 0.134 e. The van der Waals surface area contributed by atoms with Crippen LogP contribution in [0.25, 0.3) is 54.9 Å². The molecular weight excluding hydrogens is 705 g/mol. The van der Waals surface area contributed by atoms with E-state index in [-0.39, 0.29) is 6.04 Å². The number of aromatic nitrogens is 2. The number of para-hydroxylation sites is 4. The minimum absolute atomic E-state index is 0.000171. The maximum Gasteiger partial charge on any atom is 0.134 e. The number of aliphatic imine (C=N–C) groups is 1.